The van der Waals surface area contributed by atoms with Gasteiger partial charge in [0.1, 0.15) is 12.3 Å². The van der Waals surface area contributed by atoms with Crippen LogP contribution in [0.3, 0.4) is 0 Å². The lowest BCUT2D eigenvalue weighted by molar-refractivity contribution is -0.387. The predicted molar refractivity (Wildman–Crippen MR) is 102 cm³/mol. The molecule has 0 heterocycles. The summed E-state index contributed by atoms with van der Waals surface area (Å²) in [4.78, 5) is 22.0. The van der Waals surface area contributed by atoms with Crippen LogP contribution < -0.4 is 9.04 Å². The van der Waals surface area contributed by atoms with Crippen LogP contribution in [0.1, 0.15) is 13.8 Å². The molecule has 0 spiro atoms. The summed E-state index contributed by atoms with van der Waals surface area (Å²) in [6.45, 7) is 3.27. The molecule has 9 nitrogen and oxygen atoms in total. The molecule has 0 bridgehead atoms. The van der Waals surface area contributed by atoms with E-state index in [0.29, 0.717) is 12.4 Å². The number of hydrogen-bond acceptors (Lipinski definition) is 7. The van der Waals surface area contributed by atoms with Crippen LogP contribution in [0.15, 0.2) is 53.4 Å². The maximum Gasteiger partial charge on any atom is 0.326 e. The van der Waals surface area contributed by atoms with Crippen LogP contribution >= 0.6 is 0 Å². The van der Waals surface area contributed by atoms with Gasteiger partial charge in [-0.15, -0.1) is 0 Å². The van der Waals surface area contributed by atoms with Crippen molar-refractivity contribution in [2.45, 2.75) is 18.7 Å². The molecule has 10 heteroatoms. The van der Waals surface area contributed by atoms with E-state index in [9.17, 15) is 23.3 Å². The number of nitro benzene ring substituents is 1. The van der Waals surface area contributed by atoms with Crippen molar-refractivity contribution in [1.29, 1.82) is 0 Å². The summed E-state index contributed by atoms with van der Waals surface area (Å²) in [5.74, 6) is -0.260. The molecular formula is C18H20N2O7S. The smallest absolute Gasteiger partial charge is 0.326 e. The number of carbonyl (C=O) groups excluding carboxylic acids is 1. The molecule has 0 radical (unpaired) electrons. The predicted octanol–water partition coefficient (Wildman–Crippen LogP) is 2.75. The number of sulfonamides is 1. The SMILES string of the molecule is CCOC(=O)CN(c1ccc(OCC)cc1)S(=O)(=O)c1ccccc1[N+](=O)[O-]. The Morgan fingerprint density at radius 3 is 2.29 bits per heavy atom. The first-order valence-electron chi connectivity index (χ1n) is 8.45. The van der Waals surface area contributed by atoms with Gasteiger partial charge >= 0.3 is 5.97 Å². The minimum atomic E-state index is -4.42. The van der Waals surface area contributed by atoms with Crippen LogP contribution in [0.2, 0.25) is 0 Å². The minimum absolute atomic E-state index is 0.0709. The molecule has 2 aromatic rings. The fourth-order valence-corrected chi connectivity index (χ4v) is 4.03. The van der Waals surface area contributed by atoms with Gasteiger partial charge in [0.15, 0.2) is 4.90 Å². The van der Waals surface area contributed by atoms with Crippen LogP contribution in [0.4, 0.5) is 11.4 Å². The van der Waals surface area contributed by atoms with Crippen LogP contribution in [0.25, 0.3) is 0 Å². The van der Waals surface area contributed by atoms with E-state index in [4.69, 9.17) is 9.47 Å². The quantitative estimate of drug-likeness (QED) is 0.356. The number of carbonyl (C=O) groups is 1. The first-order chi connectivity index (χ1) is 13.3. The number of para-hydroxylation sites is 1. The molecule has 0 aliphatic rings. The van der Waals surface area contributed by atoms with Crippen molar-refractivity contribution >= 4 is 27.4 Å². The first kappa shape index (κ1) is 21.2. The summed E-state index contributed by atoms with van der Waals surface area (Å²) in [5, 5.41) is 11.3. The fraction of sp³-hybridized carbons (Fsp3) is 0.278. The second kappa shape index (κ2) is 9.18. The summed E-state index contributed by atoms with van der Waals surface area (Å²) < 4.78 is 37.4. The Balaban J connectivity index is 2.54. The monoisotopic (exact) mass is 408 g/mol. The Morgan fingerprint density at radius 1 is 1.07 bits per heavy atom. The summed E-state index contributed by atoms with van der Waals surface area (Å²) >= 11 is 0. The molecule has 2 rings (SSSR count). The van der Waals surface area contributed by atoms with Crippen LogP contribution in [0.5, 0.6) is 5.75 Å². The summed E-state index contributed by atoms with van der Waals surface area (Å²) in [5.41, 5.74) is -0.433. The van der Waals surface area contributed by atoms with Crippen molar-refractivity contribution < 1.29 is 27.6 Å². The number of benzene rings is 2. The average molecular weight is 408 g/mol. The van der Waals surface area contributed by atoms with Crippen molar-refractivity contribution in [3.05, 3.63) is 58.6 Å². The van der Waals surface area contributed by atoms with Gasteiger partial charge in [-0.2, -0.15) is 0 Å². The lowest BCUT2D eigenvalue weighted by atomic mass is 10.3. The van der Waals surface area contributed by atoms with Gasteiger partial charge < -0.3 is 9.47 Å². The number of esters is 1. The molecule has 0 amide bonds. The van der Waals surface area contributed by atoms with E-state index in [1.165, 1.54) is 24.3 Å². The van der Waals surface area contributed by atoms with Gasteiger partial charge in [-0.3, -0.25) is 19.2 Å². The third-order valence-electron chi connectivity index (χ3n) is 3.64. The zero-order valence-electron chi connectivity index (χ0n) is 15.4. The molecule has 0 saturated carbocycles. The summed E-state index contributed by atoms with van der Waals surface area (Å²) in [7, 11) is -4.42. The first-order valence-corrected chi connectivity index (χ1v) is 9.89. The zero-order valence-corrected chi connectivity index (χ0v) is 16.2. The molecule has 28 heavy (non-hydrogen) atoms. The van der Waals surface area contributed by atoms with E-state index in [0.717, 1.165) is 16.4 Å². The van der Waals surface area contributed by atoms with Crippen molar-refractivity contribution in [3.8, 4) is 5.75 Å². The number of nitro groups is 1. The van der Waals surface area contributed by atoms with Gasteiger partial charge in [-0.1, -0.05) is 12.1 Å². The third kappa shape index (κ3) is 4.77. The molecule has 0 aliphatic heterocycles. The van der Waals surface area contributed by atoms with E-state index in [-0.39, 0.29) is 12.3 Å². The minimum Gasteiger partial charge on any atom is -0.494 e. The maximum absolute atomic E-state index is 13.2. The molecular weight excluding hydrogens is 388 g/mol. The Hall–Kier alpha value is -3.14. The average Bonchev–Trinajstić information content (AvgIpc) is 2.67. The van der Waals surface area contributed by atoms with Gasteiger partial charge in [-0.25, -0.2) is 8.42 Å². The zero-order chi connectivity index (χ0) is 20.7. The standard InChI is InChI=1S/C18H20N2O7S/c1-3-26-15-11-9-14(10-12-15)19(13-18(21)27-4-2)28(24,25)17-8-6-5-7-16(17)20(22)23/h5-12H,3-4,13H2,1-2H3. The summed E-state index contributed by atoms with van der Waals surface area (Å²) in [6, 6.07) is 11.0. The highest BCUT2D eigenvalue weighted by molar-refractivity contribution is 7.93. The highest BCUT2D eigenvalue weighted by Gasteiger charge is 2.33. The van der Waals surface area contributed by atoms with E-state index >= 15 is 0 Å². The Labute approximate surface area is 162 Å². The largest absolute Gasteiger partial charge is 0.494 e. The highest BCUT2D eigenvalue weighted by Crippen LogP contribution is 2.30. The number of rotatable bonds is 9. The molecule has 0 aromatic heterocycles. The molecule has 150 valence electrons. The van der Waals surface area contributed by atoms with E-state index in [1.54, 1.807) is 26.0 Å². The number of ether oxygens (including phenoxy) is 2. The Morgan fingerprint density at radius 2 is 1.71 bits per heavy atom. The number of hydrogen-bond donors (Lipinski definition) is 0. The van der Waals surface area contributed by atoms with E-state index in [1.807, 2.05) is 0 Å². The topological polar surface area (TPSA) is 116 Å². The maximum atomic E-state index is 13.2. The van der Waals surface area contributed by atoms with Gasteiger partial charge in [-0.05, 0) is 44.2 Å². The third-order valence-corrected chi connectivity index (χ3v) is 5.46. The molecule has 0 N–H and O–H groups in total. The van der Waals surface area contributed by atoms with Crippen LogP contribution in [0, 0.1) is 10.1 Å². The molecule has 0 aliphatic carbocycles. The highest BCUT2D eigenvalue weighted by atomic mass is 32.2. The van der Waals surface area contributed by atoms with Crippen LogP contribution in [-0.4, -0.2) is 39.1 Å². The van der Waals surface area contributed by atoms with Gasteiger partial charge in [0.2, 0.25) is 0 Å². The van der Waals surface area contributed by atoms with Gasteiger partial charge in [0.25, 0.3) is 15.7 Å². The molecule has 0 atom stereocenters. The normalized spacial score (nSPS) is 10.9. The fourth-order valence-electron chi connectivity index (χ4n) is 2.46. The van der Waals surface area contributed by atoms with Crippen LogP contribution in [-0.2, 0) is 19.6 Å². The van der Waals surface area contributed by atoms with E-state index < -0.39 is 38.0 Å². The Bertz CT molecular complexity index is 943. The van der Waals surface area contributed by atoms with Gasteiger partial charge in [0.05, 0.1) is 23.8 Å². The second-order valence-corrected chi connectivity index (χ2v) is 7.30. The Kier molecular flexibility index (Phi) is 6.94. The molecule has 0 fully saturated rings. The molecule has 0 unspecified atom stereocenters. The van der Waals surface area contributed by atoms with Crippen molar-refractivity contribution in [2.75, 3.05) is 24.1 Å². The lowest BCUT2D eigenvalue weighted by Gasteiger charge is -2.23. The number of anilines is 1. The summed E-state index contributed by atoms with van der Waals surface area (Å²) in [6.07, 6.45) is 0. The van der Waals surface area contributed by atoms with Crippen molar-refractivity contribution in [3.63, 3.8) is 0 Å². The van der Waals surface area contributed by atoms with E-state index in [2.05, 4.69) is 0 Å². The molecule has 0 saturated heterocycles. The second-order valence-electron chi connectivity index (χ2n) is 5.47. The van der Waals surface area contributed by atoms with Gasteiger partial charge in [0, 0.05) is 6.07 Å². The lowest BCUT2D eigenvalue weighted by Crippen LogP contribution is -2.36. The van der Waals surface area contributed by atoms with Crippen molar-refractivity contribution in [2.24, 2.45) is 0 Å². The van der Waals surface area contributed by atoms with Crippen molar-refractivity contribution in [1.82, 2.24) is 0 Å². The molecule has 2 aromatic carbocycles. The number of nitrogens with zero attached hydrogens (tertiary/aromatic N) is 2.